The number of alkyl halides is 1. The first-order valence-corrected chi connectivity index (χ1v) is 5.61. The van der Waals surface area contributed by atoms with Crippen LogP contribution in [0, 0.1) is 0 Å². The summed E-state index contributed by atoms with van der Waals surface area (Å²) in [6.07, 6.45) is 3.12. The Balaban J connectivity index is 2.54. The molecule has 0 spiro atoms. The fraction of sp³-hybridized carbons (Fsp3) is 0.462. The fourth-order valence-electron chi connectivity index (χ4n) is 2.08. The molecule has 2 rings (SSSR count). The van der Waals surface area contributed by atoms with Gasteiger partial charge in [-0.05, 0) is 30.5 Å². The monoisotopic (exact) mass is 251 g/mol. The normalized spacial score (nSPS) is 15.7. The number of halogens is 1. The van der Waals surface area contributed by atoms with Gasteiger partial charge in [-0.25, -0.2) is 9.18 Å². The van der Waals surface area contributed by atoms with Crippen LogP contribution in [0.4, 0.5) is 4.39 Å². The van der Waals surface area contributed by atoms with Crippen LogP contribution in [0.2, 0.25) is 0 Å². The van der Waals surface area contributed by atoms with Crippen molar-refractivity contribution in [2.75, 3.05) is 14.2 Å². The van der Waals surface area contributed by atoms with Crippen molar-refractivity contribution in [3.05, 3.63) is 23.3 Å². The Labute approximate surface area is 104 Å². The van der Waals surface area contributed by atoms with Gasteiger partial charge in [-0.3, -0.25) is 0 Å². The molecule has 0 bridgehead atoms. The molecule has 1 aromatic rings. The number of carbonyl (C=O) groups excluding carboxylic acids is 1. The number of rotatable bonds is 5. The molecule has 1 aliphatic rings. The van der Waals surface area contributed by atoms with Crippen LogP contribution in [-0.2, 0) is 17.0 Å². The number of hydrogen-bond donors (Lipinski definition) is 0. The third kappa shape index (κ3) is 1.97. The molecule has 5 heteroatoms. The van der Waals surface area contributed by atoms with E-state index in [4.69, 9.17) is 9.47 Å². The minimum atomic E-state index is -0.658. The molecule has 0 aliphatic heterocycles. The summed E-state index contributed by atoms with van der Waals surface area (Å²) in [6.45, 7) is -0.658. The molecule has 0 unspecified atom stereocenters. The van der Waals surface area contributed by atoms with Gasteiger partial charge >= 0.3 is 0 Å². The highest BCUT2D eigenvalue weighted by atomic mass is 19.1. The van der Waals surface area contributed by atoms with Crippen LogP contribution in [0.15, 0.2) is 17.1 Å². The Kier molecular flexibility index (Phi) is 3.34. The predicted octanol–water partition coefficient (Wildman–Crippen LogP) is 2.50. The zero-order valence-electron chi connectivity index (χ0n) is 10.3. The van der Waals surface area contributed by atoms with Gasteiger partial charge in [0, 0.05) is 5.56 Å². The van der Waals surface area contributed by atoms with Crippen LogP contribution in [0.5, 0.6) is 11.5 Å². The van der Waals surface area contributed by atoms with Gasteiger partial charge in [0.2, 0.25) is 6.08 Å². The van der Waals surface area contributed by atoms with Crippen LogP contribution >= 0.6 is 0 Å². The van der Waals surface area contributed by atoms with E-state index in [0.717, 1.165) is 18.4 Å². The third-order valence-corrected chi connectivity index (χ3v) is 3.22. The Morgan fingerprint density at radius 1 is 1.39 bits per heavy atom. The molecule has 96 valence electrons. The Morgan fingerprint density at radius 3 is 2.56 bits per heavy atom. The molecule has 1 aliphatic carbocycles. The molecule has 0 saturated heterocycles. The van der Waals surface area contributed by atoms with Crippen LogP contribution in [0.1, 0.15) is 24.0 Å². The lowest BCUT2D eigenvalue weighted by atomic mass is 10.0. The highest BCUT2D eigenvalue weighted by Crippen LogP contribution is 2.51. The van der Waals surface area contributed by atoms with E-state index in [0.29, 0.717) is 17.1 Å². The van der Waals surface area contributed by atoms with Gasteiger partial charge in [0.15, 0.2) is 11.5 Å². The summed E-state index contributed by atoms with van der Waals surface area (Å²) in [5.74, 6) is 0.838. The van der Waals surface area contributed by atoms with Crippen molar-refractivity contribution in [1.29, 1.82) is 0 Å². The lowest BCUT2D eigenvalue weighted by Crippen LogP contribution is -2.05. The number of methoxy groups -OCH3 is 2. The quantitative estimate of drug-likeness (QED) is 0.596. The Bertz CT molecular complexity index is 480. The molecule has 0 amide bonds. The maximum Gasteiger partial charge on any atom is 0.235 e. The van der Waals surface area contributed by atoms with E-state index in [1.54, 1.807) is 18.2 Å². The van der Waals surface area contributed by atoms with Gasteiger partial charge in [0.05, 0.1) is 19.8 Å². The molecule has 4 nitrogen and oxygen atoms in total. The molecule has 0 atom stereocenters. The molecular formula is C13H14FNO3. The average molecular weight is 251 g/mol. The summed E-state index contributed by atoms with van der Waals surface area (Å²) in [6, 6.07) is 3.42. The molecule has 0 heterocycles. The van der Waals surface area contributed by atoms with Crippen molar-refractivity contribution in [3.8, 4) is 11.5 Å². The number of nitrogens with zero attached hydrogens (tertiary/aromatic N) is 1. The van der Waals surface area contributed by atoms with Crippen molar-refractivity contribution in [1.82, 2.24) is 0 Å². The number of isocyanates is 1. The van der Waals surface area contributed by atoms with E-state index in [2.05, 4.69) is 4.99 Å². The predicted molar refractivity (Wildman–Crippen MR) is 63.4 cm³/mol. The zero-order chi connectivity index (χ0) is 13.2. The van der Waals surface area contributed by atoms with Crippen LogP contribution in [0.25, 0.3) is 0 Å². The standard InChI is InChI=1S/C13H14FNO3/c1-17-11-6-10(13(3-4-13)15-8-16)5-9(7-14)12(11)18-2/h5-6H,3-4,7H2,1-2H3. The van der Waals surface area contributed by atoms with Crippen molar-refractivity contribution in [2.45, 2.75) is 25.1 Å². The number of hydrogen-bond acceptors (Lipinski definition) is 4. The van der Waals surface area contributed by atoms with Gasteiger partial charge in [0.1, 0.15) is 6.67 Å². The second kappa shape index (κ2) is 4.78. The van der Waals surface area contributed by atoms with Crippen LogP contribution in [0.3, 0.4) is 0 Å². The van der Waals surface area contributed by atoms with E-state index < -0.39 is 12.2 Å². The Morgan fingerprint density at radius 2 is 2.11 bits per heavy atom. The topological polar surface area (TPSA) is 47.9 Å². The molecular weight excluding hydrogens is 237 g/mol. The SMILES string of the molecule is COc1cc(C2(N=C=O)CC2)cc(CF)c1OC. The second-order valence-corrected chi connectivity index (χ2v) is 4.24. The summed E-state index contributed by atoms with van der Waals surface area (Å²) in [7, 11) is 2.96. The van der Waals surface area contributed by atoms with E-state index in [-0.39, 0.29) is 0 Å². The summed E-state index contributed by atoms with van der Waals surface area (Å²) < 4.78 is 23.3. The van der Waals surface area contributed by atoms with Gasteiger partial charge < -0.3 is 9.47 Å². The molecule has 0 aromatic heterocycles. The van der Waals surface area contributed by atoms with E-state index >= 15 is 0 Å². The lowest BCUT2D eigenvalue weighted by molar-refractivity contribution is 0.344. The Hall–Kier alpha value is -1.87. The minimum Gasteiger partial charge on any atom is -0.493 e. The molecule has 0 radical (unpaired) electrons. The van der Waals surface area contributed by atoms with E-state index in [1.807, 2.05) is 0 Å². The summed E-state index contributed by atoms with van der Waals surface area (Å²) in [5.41, 5.74) is 0.640. The smallest absolute Gasteiger partial charge is 0.235 e. The van der Waals surface area contributed by atoms with Crippen molar-refractivity contribution in [2.24, 2.45) is 4.99 Å². The van der Waals surface area contributed by atoms with Crippen molar-refractivity contribution >= 4 is 6.08 Å². The first-order valence-electron chi connectivity index (χ1n) is 5.61. The fourth-order valence-corrected chi connectivity index (χ4v) is 2.08. The molecule has 1 aromatic carbocycles. The van der Waals surface area contributed by atoms with E-state index in [9.17, 15) is 9.18 Å². The number of ether oxygens (including phenoxy) is 2. The highest BCUT2D eigenvalue weighted by Gasteiger charge is 2.45. The number of aliphatic imine (C=N–C) groups is 1. The van der Waals surface area contributed by atoms with Gasteiger partial charge in [-0.15, -0.1) is 0 Å². The minimum absolute atomic E-state index is 0.384. The molecule has 0 N–H and O–H groups in total. The zero-order valence-corrected chi connectivity index (χ0v) is 10.3. The summed E-state index contributed by atoms with van der Waals surface area (Å²) in [5, 5.41) is 0. The van der Waals surface area contributed by atoms with Gasteiger partial charge in [0.25, 0.3) is 0 Å². The number of benzene rings is 1. The van der Waals surface area contributed by atoms with Crippen molar-refractivity contribution in [3.63, 3.8) is 0 Å². The second-order valence-electron chi connectivity index (χ2n) is 4.24. The summed E-state index contributed by atoms with van der Waals surface area (Å²) in [4.78, 5) is 14.3. The maximum atomic E-state index is 13.0. The lowest BCUT2D eigenvalue weighted by Gasteiger charge is -2.16. The van der Waals surface area contributed by atoms with Crippen LogP contribution < -0.4 is 9.47 Å². The van der Waals surface area contributed by atoms with Crippen LogP contribution in [-0.4, -0.2) is 20.3 Å². The van der Waals surface area contributed by atoms with E-state index in [1.165, 1.54) is 14.2 Å². The third-order valence-electron chi connectivity index (χ3n) is 3.22. The van der Waals surface area contributed by atoms with Gasteiger partial charge in [-0.1, -0.05) is 0 Å². The molecule has 1 saturated carbocycles. The van der Waals surface area contributed by atoms with Crippen molar-refractivity contribution < 1.29 is 18.7 Å². The first kappa shape index (κ1) is 12.6. The molecule has 18 heavy (non-hydrogen) atoms. The highest BCUT2D eigenvalue weighted by molar-refractivity contribution is 5.53. The average Bonchev–Trinajstić information content (AvgIpc) is 3.18. The first-order chi connectivity index (χ1) is 8.70. The molecule has 1 fully saturated rings. The van der Waals surface area contributed by atoms with Gasteiger partial charge in [-0.2, -0.15) is 4.99 Å². The maximum absolute atomic E-state index is 13.0. The largest absolute Gasteiger partial charge is 0.493 e. The summed E-state index contributed by atoms with van der Waals surface area (Å²) >= 11 is 0.